The van der Waals surface area contributed by atoms with Crippen molar-refractivity contribution in [2.24, 2.45) is 11.3 Å². The Kier molecular flexibility index (Phi) is 7.28. The van der Waals surface area contributed by atoms with E-state index in [1.54, 1.807) is 0 Å². The van der Waals surface area contributed by atoms with Crippen molar-refractivity contribution in [2.75, 3.05) is 0 Å². The molecule has 0 unspecified atom stereocenters. The minimum atomic E-state index is -0.590. The Labute approximate surface area is 163 Å². The standard InChI is InChI=1S/C22H34N2O3/c1-15(2)27-19-9-7-6-8-16(19)14-23-20(25)21(26)24-18-12-10-17(11-13-18)22(3,4)5/h6-9,15,17-18H,10-14H2,1-5H3,(H,23,25)(H,24,26). The smallest absolute Gasteiger partial charge is 0.309 e. The fourth-order valence-corrected chi connectivity index (χ4v) is 3.63. The van der Waals surface area contributed by atoms with Crippen LogP contribution in [0.3, 0.4) is 0 Å². The Morgan fingerprint density at radius 3 is 2.30 bits per heavy atom. The van der Waals surface area contributed by atoms with Crippen LogP contribution in [0.25, 0.3) is 0 Å². The number of ether oxygens (including phenoxy) is 1. The van der Waals surface area contributed by atoms with Gasteiger partial charge in [0.15, 0.2) is 0 Å². The normalized spacial score (nSPS) is 20.2. The predicted molar refractivity (Wildman–Crippen MR) is 107 cm³/mol. The van der Waals surface area contributed by atoms with E-state index in [1.807, 2.05) is 38.1 Å². The minimum absolute atomic E-state index is 0.0494. The molecule has 0 spiro atoms. The molecule has 1 aliphatic rings. The van der Waals surface area contributed by atoms with Crippen molar-refractivity contribution in [3.63, 3.8) is 0 Å². The fraction of sp³-hybridized carbons (Fsp3) is 0.636. The van der Waals surface area contributed by atoms with Gasteiger partial charge in [-0.05, 0) is 56.9 Å². The second kappa shape index (κ2) is 9.25. The van der Waals surface area contributed by atoms with Crippen molar-refractivity contribution in [3.8, 4) is 5.75 Å². The maximum atomic E-state index is 12.2. The largest absolute Gasteiger partial charge is 0.491 e. The van der Waals surface area contributed by atoms with Gasteiger partial charge in [-0.25, -0.2) is 0 Å². The molecule has 0 radical (unpaired) electrons. The molecular weight excluding hydrogens is 340 g/mol. The average molecular weight is 375 g/mol. The van der Waals surface area contributed by atoms with Gasteiger partial charge in [-0.1, -0.05) is 39.0 Å². The number of rotatable bonds is 5. The number of carbonyl (C=O) groups is 2. The molecule has 2 rings (SSSR count). The Morgan fingerprint density at radius 2 is 1.70 bits per heavy atom. The number of carbonyl (C=O) groups excluding carboxylic acids is 2. The topological polar surface area (TPSA) is 67.4 Å². The number of hydrogen-bond acceptors (Lipinski definition) is 3. The highest BCUT2D eigenvalue weighted by Gasteiger charge is 2.30. The summed E-state index contributed by atoms with van der Waals surface area (Å²) < 4.78 is 5.75. The first-order chi connectivity index (χ1) is 12.7. The summed E-state index contributed by atoms with van der Waals surface area (Å²) in [5, 5.41) is 5.60. The van der Waals surface area contributed by atoms with E-state index >= 15 is 0 Å². The maximum Gasteiger partial charge on any atom is 0.309 e. The van der Waals surface area contributed by atoms with Crippen molar-refractivity contribution in [1.82, 2.24) is 10.6 Å². The molecule has 0 heterocycles. The second-order valence-corrected chi connectivity index (χ2v) is 8.85. The van der Waals surface area contributed by atoms with Gasteiger partial charge in [-0.15, -0.1) is 0 Å². The molecule has 1 aromatic rings. The molecular formula is C22H34N2O3. The van der Waals surface area contributed by atoms with Gasteiger partial charge in [-0.3, -0.25) is 9.59 Å². The highest BCUT2D eigenvalue weighted by Crippen LogP contribution is 2.37. The first-order valence-electron chi connectivity index (χ1n) is 10.00. The van der Waals surface area contributed by atoms with E-state index in [1.165, 1.54) is 0 Å². The van der Waals surface area contributed by atoms with E-state index in [0.29, 0.717) is 11.3 Å². The van der Waals surface area contributed by atoms with Gasteiger partial charge in [0.2, 0.25) is 0 Å². The molecule has 5 nitrogen and oxygen atoms in total. The van der Waals surface area contributed by atoms with Crippen LogP contribution in [0.5, 0.6) is 5.75 Å². The van der Waals surface area contributed by atoms with Crippen molar-refractivity contribution in [3.05, 3.63) is 29.8 Å². The van der Waals surface area contributed by atoms with Gasteiger partial charge in [0.25, 0.3) is 0 Å². The summed E-state index contributed by atoms with van der Waals surface area (Å²) in [4.78, 5) is 24.4. The van der Waals surface area contributed by atoms with Crippen LogP contribution in [-0.4, -0.2) is 24.0 Å². The number of benzene rings is 1. The Bertz CT molecular complexity index is 641. The van der Waals surface area contributed by atoms with E-state index < -0.39 is 11.8 Å². The third-order valence-corrected chi connectivity index (χ3v) is 5.27. The van der Waals surface area contributed by atoms with E-state index in [9.17, 15) is 9.59 Å². The molecule has 0 bridgehead atoms. The summed E-state index contributed by atoms with van der Waals surface area (Å²) in [6, 6.07) is 7.64. The zero-order chi connectivity index (χ0) is 20.0. The fourth-order valence-electron chi connectivity index (χ4n) is 3.63. The molecule has 1 aliphatic carbocycles. The van der Waals surface area contributed by atoms with Crippen LogP contribution in [0.1, 0.15) is 65.9 Å². The molecule has 27 heavy (non-hydrogen) atoms. The summed E-state index contributed by atoms with van der Waals surface area (Å²) >= 11 is 0. The van der Waals surface area contributed by atoms with Gasteiger partial charge in [0.1, 0.15) is 5.75 Å². The minimum Gasteiger partial charge on any atom is -0.491 e. The van der Waals surface area contributed by atoms with Crippen LogP contribution in [-0.2, 0) is 16.1 Å². The Balaban J connectivity index is 1.81. The van der Waals surface area contributed by atoms with Gasteiger partial charge >= 0.3 is 11.8 Å². The predicted octanol–water partition coefficient (Wildman–Crippen LogP) is 3.81. The van der Waals surface area contributed by atoms with Crippen molar-refractivity contribution >= 4 is 11.8 Å². The number of para-hydroxylation sites is 1. The highest BCUT2D eigenvalue weighted by atomic mass is 16.5. The first-order valence-corrected chi connectivity index (χ1v) is 10.00. The van der Waals surface area contributed by atoms with Crippen LogP contribution in [0, 0.1) is 11.3 Å². The summed E-state index contributed by atoms with van der Waals surface area (Å²) in [6.45, 7) is 11.0. The SMILES string of the molecule is CC(C)Oc1ccccc1CNC(=O)C(=O)NC1CCC(C(C)(C)C)CC1. The molecule has 150 valence electrons. The first kappa shape index (κ1) is 21.3. The Hall–Kier alpha value is -2.04. The van der Waals surface area contributed by atoms with Gasteiger partial charge < -0.3 is 15.4 Å². The number of amides is 2. The van der Waals surface area contributed by atoms with Crippen molar-refractivity contribution < 1.29 is 14.3 Å². The van der Waals surface area contributed by atoms with Crippen molar-refractivity contribution in [1.29, 1.82) is 0 Å². The second-order valence-electron chi connectivity index (χ2n) is 8.85. The maximum absolute atomic E-state index is 12.2. The summed E-state index contributed by atoms with van der Waals surface area (Å²) in [6.07, 6.45) is 4.11. The van der Waals surface area contributed by atoms with Crippen molar-refractivity contribution in [2.45, 2.75) is 79.0 Å². The monoisotopic (exact) mass is 374 g/mol. The van der Waals surface area contributed by atoms with E-state index in [4.69, 9.17) is 4.74 Å². The molecule has 0 saturated heterocycles. The molecule has 0 aromatic heterocycles. The van der Waals surface area contributed by atoms with E-state index in [-0.39, 0.29) is 18.7 Å². The van der Waals surface area contributed by atoms with E-state index in [2.05, 4.69) is 31.4 Å². The van der Waals surface area contributed by atoms with Crippen LogP contribution in [0.15, 0.2) is 24.3 Å². The molecule has 1 saturated carbocycles. The summed E-state index contributed by atoms with van der Waals surface area (Å²) in [7, 11) is 0. The summed E-state index contributed by atoms with van der Waals surface area (Å²) in [5.74, 6) is 0.273. The van der Waals surface area contributed by atoms with Crippen LogP contribution < -0.4 is 15.4 Å². The molecule has 5 heteroatoms. The quantitative estimate of drug-likeness (QED) is 0.770. The Morgan fingerprint density at radius 1 is 1.07 bits per heavy atom. The molecule has 0 aliphatic heterocycles. The van der Waals surface area contributed by atoms with Gasteiger partial charge in [-0.2, -0.15) is 0 Å². The van der Waals surface area contributed by atoms with Gasteiger partial charge in [0.05, 0.1) is 6.10 Å². The van der Waals surface area contributed by atoms with E-state index in [0.717, 1.165) is 37.0 Å². The lowest BCUT2D eigenvalue weighted by molar-refractivity contribution is -0.139. The molecule has 1 fully saturated rings. The number of nitrogens with one attached hydrogen (secondary N) is 2. The summed E-state index contributed by atoms with van der Waals surface area (Å²) in [5.41, 5.74) is 1.16. The van der Waals surface area contributed by atoms with Crippen LogP contribution in [0.4, 0.5) is 0 Å². The highest BCUT2D eigenvalue weighted by molar-refractivity contribution is 6.35. The third kappa shape index (κ3) is 6.56. The number of hydrogen-bond donors (Lipinski definition) is 2. The average Bonchev–Trinajstić information content (AvgIpc) is 2.60. The lowest BCUT2D eigenvalue weighted by Crippen LogP contribution is -2.46. The zero-order valence-corrected chi connectivity index (χ0v) is 17.3. The lowest BCUT2D eigenvalue weighted by Gasteiger charge is -2.37. The lowest BCUT2D eigenvalue weighted by atomic mass is 9.71. The van der Waals surface area contributed by atoms with Crippen LogP contribution >= 0.6 is 0 Å². The zero-order valence-electron chi connectivity index (χ0n) is 17.3. The molecule has 0 atom stereocenters. The third-order valence-electron chi connectivity index (χ3n) is 5.27. The molecule has 2 N–H and O–H groups in total. The van der Waals surface area contributed by atoms with Gasteiger partial charge in [0, 0.05) is 18.2 Å². The van der Waals surface area contributed by atoms with Crippen LogP contribution in [0.2, 0.25) is 0 Å². The molecule has 1 aromatic carbocycles. The molecule has 2 amide bonds.